The Kier molecular flexibility index (Phi) is 11.1. The monoisotopic (exact) mass is 802 g/mol. The molecule has 2 saturated carbocycles. The predicted octanol–water partition coefficient (Wildman–Crippen LogP) is 2.34. The first kappa shape index (κ1) is 38.9. The number of anilines is 3. The lowest BCUT2D eigenvalue weighted by molar-refractivity contribution is -0.136. The zero-order valence-corrected chi connectivity index (χ0v) is 31.9. The van der Waals surface area contributed by atoms with Gasteiger partial charge in [-0.15, -0.1) is 0 Å². The fourth-order valence-electron chi connectivity index (χ4n) is 7.53. The number of hydrogen-bond acceptors (Lipinski definition) is 13. The molecule has 1 aromatic carbocycles. The summed E-state index contributed by atoms with van der Waals surface area (Å²) in [7, 11) is 0. The van der Waals surface area contributed by atoms with Crippen LogP contribution < -0.4 is 36.6 Å². The highest BCUT2D eigenvalue weighted by Crippen LogP contribution is 2.34. The molecule has 59 heavy (non-hydrogen) atoms. The van der Waals surface area contributed by atoms with E-state index in [9.17, 15) is 33.6 Å². The van der Waals surface area contributed by atoms with E-state index in [0.29, 0.717) is 54.6 Å². The van der Waals surface area contributed by atoms with E-state index >= 15 is 0 Å². The third kappa shape index (κ3) is 8.80. The van der Waals surface area contributed by atoms with Crippen LogP contribution in [0.25, 0.3) is 10.9 Å². The van der Waals surface area contributed by atoms with Gasteiger partial charge < -0.3 is 31.3 Å². The van der Waals surface area contributed by atoms with Gasteiger partial charge in [0.15, 0.2) is 6.61 Å². The first-order valence-electron chi connectivity index (χ1n) is 19.7. The molecule has 3 fully saturated rings. The highest BCUT2D eigenvalue weighted by molar-refractivity contribution is 6.24. The number of fused-ring (bicyclic) bond motifs is 2. The molecule has 2 aliphatic heterocycles. The smallest absolute Gasteiger partial charge is 0.266 e. The average molecular weight is 803 g/mol. The lowest BCUT2D eigenvalue weighted by Gasteiger charge is -2.28. The van der Waals surface area contributed by atoms with Crippen LogP contribution in [-0.4, -0.2) is 99.0 Å². The molecule has 304 valence electrons. The summed E-state index contributed by atoms with van der Waals surface area (Å²) in [5, 5.41) is 18.4. The second kappa shape index (κ2) is 16.9. The maximum Gasteiger partial charge on any atom is 0.266 e. The van der Waals surface area contributed by atoms with Crippen molar-refractivity contribution in [2.75, 3.05) is 30.3 Å². The van der Waals surface area contributed by atoms with Gasteiger partial charge in [0.1, 0.15) is 23.4 Å². The normalized spacial score (nSPS) is 20.1. The SMILES string of the molecule is O=C(COc1cccc2c1C(=O)N(C1CCC(=O)NC1=O)C2=O)NCCNC(=O)[C@H]1CC[C@H](NC(=O)c2cnc(Nc3ccc4cnccc4n3)cc2NC2CC2)CC1. The molecular weight excluding hydrogens is 761 g/mol. The van der Waals surface area contributed by atoms with Gasteiger partial charge in [-0.25, -0.2) is 9.97 Å². The van der Waals surface area contributed by atoms with E-state index in [1.807, 2.05) is 24.3 Å². The summed E-state index contributed by atoms with van der Waals surface area (Å²) in [4.78, 5) is 103. The fraction of sp³-hybridized carbons (Fsp3) is 0.366. The number of carbonyl (C=O) groups excluding carboxylic acids is 7. The summed E-state index contributed by atoms with van der Waals surface area (Å²) in [5.74, 6) is -2.55. The Balaban J connectivity index is 0.763. The summed E-state index contributed by atoms with van der Waals surface area (Å²) in [6, 6.07) is 10.9. The van der Waals surface area contributed by atoms with Crippen molar-refractivity contribution in [1.29, 1.82) is 0 Å². The van der Waals surface area contributed by atoms with Crippen LogP contribution in [0.4, 0.5) is 17.3 Å². The molecule has 3 aromatic heterocycles. The molecule has 18 nitrogen and oxygen atoms in total. The van der Waals surface area contributed by atoms with Gasteiger partial charge in [0.25, 0.3) is 23.6 Å². The molecule has 1 saturated heterocycles. The number of imide groups is 2. The molecular formula is C41H42N10O8. The van der Waals surface area contributed by atoms with Crippen molar-refractivity contribution in [2.24, 2.45) is 5.92 Å². The van der Waals surface area contributed by atoms with Crippen molar-refractivity contribution >= 4 is 69.6 Å². The highest BCUT2D eigenvalue weighted by Gasteiger charge is 2.46. The average Bonchev–Trinajstić information content (AvgIpc) is 4.02. The Labute approximate surface area is 337 Å². The van der Waals surface area contributed by atoms with Gasteiger partial charge in [-0.3, -0.25) is 48.8 Å². The molecule has 4 aliphatic rings. The molecule has 1 unspecified atom stereocenters. The van der Waals surface area contributed by atoms with Crippen LogP contribution >= 0.6 is 0 Å². The molecule has 2 aliphatic carbocycles. The van der Waals surface area contributed by atoms with E-state index < -0.39 is 42.2 Å². The van der Waals surface area contributed by atoms with Crippen LogP contribution in [0.1, 0.15) is 82.4 Å². The molecule has 0 bridgehead atoms. The van der Waals surface area contributed by atoms with Crippen LogP contribution in [0.3, 0.4) is 0 Å². The Morgan fingerprint density at radius 1 is 0.847 bits per heavy atom. The lowest BCUT2D eigenvalue weighted by Crippen LogP contribution is -2.54. The van der Waals surface area contributed by atoms with Crippen LogP contribution in [0, 0.1) is 5.92 Å². The van der Waals surface area contributed by atoms with Crippen molar-refractivity contribution in [3.63, 3.8) is 0 Å². The number of amides is 7. The fourth-order valence-corrected chi connectivity index (χ4v) is 7.53. The summed E-state index contributed by atoms with van der Waals surface area (Å²) < 4.78 is 5.62. The predicted molar refractivity (Wildman–Crippen MR) is 212 cm³/mol. The van der Waals surface area contributed by atoms with Gasteiger partial charge in [-0.05, 0) is 75.3 Å². The van der Waals surface area contributed by atoms with E-state index in [4.69, 9.17) is 4.74 Å². The minimum atomic E-state index is -1.13. The number of pyridine rings is 3. The number of nitrogens with one attached hydrogen (secondary N) is 6. The van der Waals surface area contributed by atoms with Crippen molar-refractivity contribution in [1.82, 2.24) is 41.1 Å². The zero-order chi connectivity index (χ0) is 41.0. The van der Waals surface area contributed by atoms with E-state index in [1.54, 1.807) is 18.6 Å². The minimum absolute atomic E-state index is 0.00662. The third-order valence-electron chi connectivity index (χ3n) is 10.8. The summed E-state index contributed by atoms with van der Waals surface area (Å²) in [6.45, 7) is -0.155. The maximum absolute atomic E-state index is 13.5. The van der Waals surface area contributed by atoms with Crippen molar-refractivity contribution in [3.8, 4) is 5.75 Å². The second-order valence-corrected chi connectivity index (χ2v) is 15.0. The number of carbonyl (C=O) groups is 7. The van der Waals surface area contributed by atoms with Crippen LogP contribution in [-0.2, 0) is 19.2 Å². The largest absolute Gasteiger partial charge is 0.483 e. The summed E-state index contributed by atoms with van der Waals surface area (Å²) >= 11 is 0. The molecule has 8 rings (SSSR count). The number of nitrogens with zero attached hydrogens (tertiary/aromatic N) is 4. The molecule has 5 heterocycles. The van der Waals surface area contributed by atoms with Crippen molar-refractivity contribution < 1.29 is 38.3 Å². The molecule has 1 atom stereocenters. The Hall–Kier alpha value is -6.98. The zero-order valence-electron chi connectivity index (χ0n) is 31.9. The quantitative estimate of drug-likeness (QED) is 0.0794. The number of ether oxygens (including phenoxy) is 1. The Bertz CT molecular complexity index is 2360. The summed E-state index contributed by atoms with van der Waals surface area (Å²) in [6.07, 6.45) is 9.49. The van der Waals surface area contributed by atoms with Gasteiger partial charge in [0.05, 0.1) is 27.9 Å². The number of rotatable bonds is 14. The Morgan fingerprint density at radius 3 is 2.44 bits per heavy atom. The van der Waals surface area contributed by atoms with Gasteiger partial charge >= 0.3 is 0 Å². The molecule has 0 radical (unpaired) electrons. The first-order valence-corrected chi connectivity index (χ1v) is 19.7. The number of benzene rings is 1. The molecule has 0 spiro atoms. The van der Waals surface area contributed by atoms with Crippen molar-refractivity contribution in [2.45, 2.75) is 69.5 Å². The molecule has 7 amide bonds. The standard InChI is InChI=1S/C41H42N10O8/c52-34-13-11-30(39(56)50-34)51-40(57)26-2-1-3-31(36(26)41(51)58)59-21-35(53)43-16-17-44-37(54)22-4-7-25(8-5-22)47-38(55)27-20-45-33(18-29(27)46-24-9-10-24)49-32-12-6-23-19-42-15-14-28(23)48-32/h1-3,6,12,14-15,18-20,22,24-25,30H,4-5,7-11,13,16-17,21H2,(H,43,53)(H,44,54)(H,47,55)(H,50,52,56)(H2,45,46,48,49)/t22-,25-,30?. The number of piperidine rings is 1. The van der Waals surface area contributed by atoms with Crippen LogP contribution in [0.15, 0.2) is 61.1 Å². The first-order chi connectivity index (χ1) is 28.6. The summed E-state index contributed by atoms with van der Waals surface area (Å²) in [5.41, 5.74) is 1.92. The maximum atomic E-state index is 13.5. The van der Waals surface area contributed by atoms with Gasteiger partial charge in [0, 0.05) is 67.6 Å². The third-order valence-corrected chi connectivity index (χ3v) is 10.8. The molecule has 4 aromatic rings. The van der Waals surface area contributed by atoms with E-state index in [1.165, 1.54) is 18.2 Å². The van der Waals surface area contributed by atoms with Gasteiger partial charge in [-0.1, -0.05) is 6.07 Å². The number of hydrogen-bond donors (Lipinski definition) is 6. The van der Waals surface area contributed by atoms with E-state index in [2.05, 4.69) is 46.9 Å². The van der Waals surface area contributed by atoms with Crippen molar-refractivity contribution in [3.05, 3.63) is 77.7 Å². The topological polar surface area (TPSA) is 243 Å². The minimum Gasteiger partial charge on any atom is -0.483 e. The van der Waals surface area contributed by atoms with Crippen LogP contribution in [0.2, 0.25) is 0 Å². The Morgan fingerprint density at radius 2 is 1.64 bits per heavy atom. The van der Waals surface area contributed by atoms with Gasteiger partial charge in [-0.2, -0.15) is 0 Å². The highest BCUT2D eigenvalue weighted by atomic mass is 16.5. The molecule has 6 N–H and O–H groups in total. The van der Waals surface area contributed by atoms with Crippen LogP contribution in [0.5, 0.6) is 5.75 Å². The number of aromatic nitrogens is 3. The van der Waals surface area contributed by atoms with E-state index in [0.717, 1.165) is 28.6 Å². The lowest BCUT2D eigenvalue weighted by atomic mass is 9.85. The van der Waals surface area contributed by atoms with E-state index in [-0.39, 0.29) is 66.6 Å². The van der Waals surface area contributed by atoms with Gasteiger partial charge in [0.2, 0.25) is 17.7 Å². The molecule has 18 heteroatoms. The second-order valence-electron chi connectivity index (χ2n) is 15.0.